The molecule has 2 saturated heterocycles. The molecule has 30 heavy (non-hydrogen) atoms. The van der Waals surface area contributed by atoms with Crippen LogP contribution in [-0.4, -0.2) is 46.8 Å². The zero-order valence-electron chi connectivity index (χ0n) is 17.6. The highest BCUT2D eigenvalue weighted by atomic mass is 16.5. The second-order valence-electron chi connectivity index (χ2n) is 8.04. The van der Waals surface area contributed by atoms with Crippen molar-refractivity contribution in [3.63, 3.8) is 0 Å². The number of fused-ring (bicyclic) bond motifs is 1. The SMILES string of the molecule is CCOc1cccc(C2C3C(NNC3c3c(C)cc(C)cc3O)C(=O)N2CCO)c1. The third kappa shape index (κ3) is 3.43. The summed E-state index contributed by atoms with van der Waals surface area (Å²) in [5, 5.41) is 20.4. The molecule has 4 rings (SSSR count). The Balaban J connectivity index is 1.80. The van der Waals surface area contributed by atoms with Crippen LogP contribution in [-0.2, 0) is 4.79 Å². The van der Waals surface area contributed by atoms with Gasteiger partial charge in [-0.3, -0.25) is 4.79 Å². The van der Waals surface area contributed by atoms with E-state index in [0.717, 1.165) is 28.0 Å². The first-order chi connectivity index (χ1) is 14.5. The number of likely N-dealkylation sites (tertiary alicyclic amines) is 1. The van der Waals surface area contributed by atoms with Gasteiger partial charge in [-0.15, -0.1) is 0 Å². The van der Waals surface area contributed by atoms with Gasteiger partial charge in [-0.1, -0.05) is 18.2 Å². The number of hydrazine groups is 1. The maximum Gasteiger partial charge on any atom is 0.242 e. The summed E-state index contributed by atoms with van der Waals surface area (Å²) < 4.78 is 5.68. The number of phenols is 1. The van der Waals surface area contributed by atoms with Gasteiger partial charge in [-0.05, 0) is 55.7 Å². The lowest BCUT2D eigenvalue weighted by Gasteiger charge is -2.31. The molecule has 0 bridgehead atoms. The predicted octanol–water partition coefficient (Wildman–Crippen LogP) is 2.12. The number of aliphatic hydroxyl groups is 1. The summed E-state index contributed by atoms with van der Waals surface area (Å²) in [5.74, 6) is 0.760. The monoisotopic (exact) mass is 411 g/mol. The molecule has 2 fully saturated rings. The van der Waals surface area contributed by atoms with Crippen molar-refractivity contribution < 1.29 is 19.7 Å². The molecule has 4 unspecified atom stereocenters. The maximum atomic E-state index is 13.2. The van der Waals surface area contributed by atoms with Crippen LogP contribution >= 0.6 is 0 Å². The summed E-state index contributed by atoms with van der Waals surface area (Å²) in [6.45, 7) is 6.56. The Bertz CT molecular complexity index is 925. The van der Waals surface area contributed by atoms with E-state index in [4.69, 9.17) is 4.74 Å². The largest absolute Gasteiger partial charge is 0.508 e. The highest BCUT2D eigenvalue weighted by Crippen LogP contribution is 2.49. The highest BCUT2D eigenvalue weighted by molar-refractivity contribution is 5.86. The number of β-amino-alcohol motifs (C(OH)–C–C–N with tert-alkyl or cyclic N) is 1. The van der Waals surface area contributed by atoms with Crippen LogP contribution in [0.2, 0.25) is 0 Å². The zero-order chi connectivity index (χ0) is 21.4. The van der Waals surface area contributed by atoms with Crippen LogP contribution < -0.4 is 15.6 Å². The van der Waals surface area contributed by atoms with E-state index < -0.39 is 6.04 Å². The van der Waals surface area contributed by atoms with Crippen LogP contribution in [0.25, 0.3) is 0 Å². The van der Waals surface area contributed by atoms with E-state index in [1.807, 2.05) is 51.1 Å². The molecule has 2 aromatic rings. The van der Waals surface area contributed by atoms with Crippen molar-refractivity contribution >= 4 is 5.91 Å². The van der Waals surface area contributed by atoms with Crippen molar-refractivity contribution in [3.8, 4) is 11.5 Å². The first-order valence-corrected chi connectivity index (χ1v) is 10.4. The topological polar surface area (TPSA) is 94.1 Å². The van der Waals surface area contributed by atoms with Crippen LogP contribution in [0.3, 0.4) is 0 Å². The van der Waals surface area contributed by atoms with E-state index in [-0.39, 0.29) is 42.8 Å². The highest BCUT2D eigenvalue weighted by Gasteiger charge is 2.55. The van der Waals surface area contributed by atoms with Crippen molar-refractivity contribution in [1.29, 1.82) is 0 Å². The average molecular weight is 412 g/mol. The molecular formula is C23H29N3O4. The van der Waals surface area contributed by atoms with Crippen molar-refractivity contribution in [2.75, 3.05) is 19.8 Å². The first kappa shape index (κ1) is 20.7. The predicted molar refractivity (Wildman–Crippen MR) is 113 cm³/mol. The standard InChI is InChI=1S/C23H29N3O4/c1-4-30-16-7-5-6-15(12-16)22-19-20(18-14(3)10-13(2)11-17(18)28)24-25-21(19)23(29)26(22)8-9-27/h5-7,10-12,19-22,24-25,27-28H,4,8-9H2,1-3H3. The van der Waals surface area contributed by atoms with E-state index in [9.17, 15) is 15.0 Å². The number of nitrogens with one attached hydrogen (secondary N) is 2. The second kappa shape index (κ2) is 8.26. The molecule has 2 aromatic carbocycles. The Morgan fingerprint density at radius 2 is 1.90 bits per heavy atom. The molecule has 2 heterocycles. The maximum absolute atomic E-state index is 13.2. The van der Waals surface area contributed by atoms with Gasteiger partial charge in [-0.25, -0.2) is 10.9 Å². The van der Waals surface area contributed by atoms with Crippen molar-refractivity contribution in [2.45, 2.75) is 38.9 Å². The van der Waals surface area contributed by atoms with E-state index in [1.54, 1.807) is 11.0 Å². The fourth-order valence-corrected chi connectivity index (χ4v) is 5.02. The molecule has 4 atom stereocenters. The Hall–Kier alpha value is -2.61. The minimum atomic E-state index is -0.442. The first-order valence-electron chi connectivity index (χ1n) is 10.4. The zero-order valence-corrected chi connectivity index (χ0v) is 17.6. The van der Waals surface area contributed by atoms with Gasteiger partial charge in [0.15, 0.2) is 0 Å². The molecule has 1 amide bonds. The minimum Gasteiger partial charge on any atom is -0.508 e. The van der Waals surface area contributed by atoms with Gasteiger partial charge in [0.05, 0.1) is 25.3 Å². The summed E-state index contributed by atoms with van der Waals surface area (Å²) >= 11 is 0. The Morgan fingerprint density at radius 3 is 2.60 bits per heavy atom. The smallest absolute Gasteiger partial charge is 0.242 e. The number of phenolic OH excluding ortho intramolecular Hbond substituents is 1. The molecule has 7 nitrogen and oxygen atoms in total. The number of amides is 1. The van der Waals surface area contributed by atoms with Crippen LogP contribution in [0.4, 0.5) is 0 Å². The summed E-state index contributed by atoms with van der Waals surface area (Å²) in [4.78, 5) is 14.9. The number of carbonyl (C=O) groups excluding carboxylic acids is 1. The summed E-state index contributed by atoms with van der Waals surface area (Å²) in [6, 6.07) is 10.6. The molecule has 0 radical (unpaired) electrons. The van der Waals surface area contributed by atoms with Crippen molar-refractivity contribution in [1.82, 2.24) is 15.8 Å². The van der Waals surface area contributed by atoms with E-state index in [0.29, 0.717) is 6.61 Å². The number of benzene rings is 2. The number of nitrogens with zero attached hydrogens (tertiary/aromatic N) is 1. The lowest BCUT2D eigenvalue weighted by molar-refractivity contribution is -0.131. The van der Waals surface area contributed by atoms with Crippen LogP contribution in [0.5, 0.6) is 11.5 Å². The van der Waals surface area contributed by atoms with E-state index in [2.05, 4.69) is 10.9 Å². The van der Waals surface area contributed by atoms with Crippen molar-refractivity contribution in [3.05, 3.63) is 58.7 Å². The Labute approximate surface area is 176 Å². The number of aryl methyl sites for hydroxylation is 2. The summed E-state index contributed by atoms with van der Waals surface area (Å²) in [5.41, 5.74) is 10.1. The molecule has 160 valence electrons. The molecule has 0 aromatic heterocycles. The normalized spacial score (nSPS) is 25.6. The van der Waals surface area contributed by atoms with Crippen LogP contribution in [0.15, 0.2) is 36.4 Å². The number of aromatic hydroxyl groups is 1. The summed E-state index contributed by atoms with van der Waals surface area (Å²) in [6.07, 6.45) is 0. The molecule has 2 aliphatic rings. The molecule has 0 saturated carbocycles. The van der Waals surface area contributed by atoms with Gasteiger partial charge in [-0.2, -0.15) is 0 Å². The van der Waals surface area contributed by atoms with Gasteiger partial charge in [0, 0.05) is 18.0 Å². The molecule has 0 aliphatic carbocycles. The Morgan fingerprint density at radius 1 is 1.13 bits per heavy atom. The number of hydrogen-bond acceptors (Lipinski definition) is 6. The molecule has 2 aliphatic heterocycles. The van der Waals surface area contributed by atoms with Crippen molar-refractivity contribution in [2.24, 2.45) is 5.92 Å². The van der Waals surface area contributed by atoms with E-state index >= 15 is 0 Å². The molecular weight excluding hydrogens is 382 g/mol. The van der Waals surface area contributed by atoms with Gasteiger partial charge in [0.25, 0.3) is 0 Å². The average Bonchev–Trinajstić information content (AvgIpc) is 3.22. The number of ether oxygens (including phenoxy) is 1. The number of rotatable bonds is 6. The quantitative estimate of drug-likeness (QED) is 0.582. The van der Waals surface area contributed by atoms with Crippen LogP contribution in [0, 0.1) is 19.8 Å². The lowest BCUT2D eigenvalue weighted by atomic mass is 9.81. The molecule has 0 spiro atoms. The molecule has 7 heteroatoms. The van der Waals surface area contributed by atoms with Gasteiger partial charge in [0.1, 0.15) is 17.5 Å². The molecule has 4 N–H and O–H groups in total. The van der Waals surface area contributed by atoms with Crippen LogP contribution in [0.1, 0.15) is 41.3 Å². The third-order valence-corrected chi connectivity index (χ3v) is 6.09. The van der Waals surface area contributed by atoms with Gasteiger partial charge >= 0.3 is 0 Å². The van der Waals surface area contributed by atoms with E-state index in [1.165, 1.54) is 0 Å². The lowest BCUT2D eigenvalue weighted by Crippen LogP contribution is -2.42. The fraction of sp³-hybridized carbons (Fsp3) is 0.435. The van der Waals surface area contributed by atoms with Gasteiger partial charge in [0.2, 0.25) is 5.91 Å². The number of hydrogen-bond donors (Lipinski definition) is 4. The van der Waals surface area contributed by atoms with Gasteiger partial charge < -0.3 is 19.8 Å². The number of aliphatic hydroxyl groups excluding tert-OH is 1. The Kier molecular flexibility index (Phi) is 5.69. The second-order valence-corrected chi connectivity index (χ2v) is 8.04. The minimum absolute atomic E-state index is 0.0554. The number of carbonyl (C=O) groups is 1. The summed E-state index contributed by atoms with van der Waals surface area (Å²) in [7, 11) is 0. The third-order valence-electron chi connectivity index (χ3n) is 6.09. The fourth-order valence-electron chi connectivity index (χ4n) is 5.02.